The lowest BCUT2D eigenvalue weighted by Gasteiger charge is -2.18. The summed E-state index contributed by atoms with van der Waals surface area (Å²) in [5.74, 6) is -0.0623. The Kier molecular flexibility index (Phi) is 3.76. The number of hydrogen-bond donors (Lipinski definition) is 0. The molecule has 3 heterocycles. The lowest BCUT2D eigenvalue weighted by Crippen LogP contribution is -2.25. The van der Waals surface area contributed by atoms with Gasteiger partial charge in [-0.05, 0) is 12.1 Å². The van der Waals surface area contributed by atoms with Gasteiger partial charge in [0.25, 0.3) is 0 Å². The highest BCUT2D eigenvalue weighted by atomic mass is 16.5. The maximum Gasteiger partial charge on any atom is 0.243 e. The van der Waals surface area contributed by atoms with Crippen LogP contribution < -0.4 is 0 Å². The number of benzene rings is 1. The van der Waals surface area contributed by atoms with Crippen LogP contribution in [-0.2, 0) is 9.53 Å². The Morgan fingerprint density at radius 2 is 1.88 bits per heavy atom. The number of ether oxygens (including phenoxy) is 1. The van der Waals surface area contributed by atoms with Crippen molar-refractivity contribution in [2.75, 3.05) is 0 Å². The summed E-state index contributed by atoms with van der Waals surface area (Å²) in [6, 6.07) is 11.1. The standard InChI is InChI=1S/C19H16N4O3/c1-12(24)22-11-16(15-7-3-4-8-17(15)22)18-21-23(13(2)25)19(26-18)14-6-5-9-20-10-14/h3-11,19H,1-2H3/t19-/m1/s1. The molecule has 2 aromatic heterocycles. The molecule has 0 unspecified atom stereocenters. The molecule has 7 heteroatoms. The Hall–Kier alpha value is -3.48. The summed E-state index contributed by atoms with van der Waals surface area (Å²) in [4.78, 5) is 28.1. The third kappa shape index (κ3) is 2.54. The van der Waals surface area contributed by atoms with E-state index in [1.807, 2.05) is 30.3 Å². The third-order valence-electron chi connectivity index (χ3n) is 4.22. The highest BCUT2D eigenvalue weighted by Gasteiger charge is 2.34. The quantitative estimate of drug-likeness (QED) is 0.713. The molecule has 0 aliphatic carbocycles. The van der Waals surface area contributed by atoms with E-state index < -0.39 is 6.23 Å². The molecule has 4 rings (SSSR count). The van der Waals surface area contributed by atoms with Crippen LogP contribution in [-0.4, -0.2) is 32.3 Å². The van der Waals surface area contributed by atoms with Crippen LogP contribution in [0.4, 0.5) is 0 Å². The number of carbonyl (C=O) groups is 2. The van der Waals surface area contributed by atoms with Gasteiger partial charge in [0.15, 0.2) is 0 Å². The Bertz CT molecular complexity index is 1040. The number of fused-ring (bicyclic) bond motifs is 1. The first-order chi connectivity index (χ1) is 12.6. The number of carbonyl (C=O) groups excluding carboxylic acids is 2. The smallest absolute Gasteiger partial charge is 0.243 e. The van der Waals surface area contributed by atoms with Crippen LogP contribution in [0.5, 0.6) is 0 Å². The fourth-order valence-electron chi connectivity index (χ4n) is 3.02. The Morgan fingerprint density at radius 1 is 1.08 bits per heavy atom. The van der Waals surface area contributed by atoms with Gasteiger partial charge in [-0.1, -0.05) is 24.3 Å². The van der Waals surface area contributed by atoms with Gasteiger partial charge in [0, 0.05) is 43.4 Å². The topological polar surface area (TPSA) is 76.8 Å². The summed E-state index contributed by atoms with van der Waals surface area (Å²) in [5.41, 5.74) is 2.14. The second-order valence-electron chi connectivity index (χ2n) is 5.97. The molecule has 0 N–H and O–H groups in total. The first kappa shape index (κ1) is 16.0. The predicted molar refractivity (Wildman–Crippen MR) is 95.4 cm³/mol. The summed E-state index contributed by atoms with van der Waals surface area (Å²) < 4.78 is 7.55. The lowest BCUT2D eigenvalue weighted by molar-refractivity contribution is -0.135. The average Bonchev–Trinajstić information content (AvgIpc) is 3.24. The number of aromatic nitrogens is 2. The van der Waals surface area contributed by atoms with E-state index in [9.17, 15) is 9.59 Å². The zero-order valence-electron chi connectivity index (χ0n) is 14.3. The second kappa shape index (κ2) is 6.11. The summed E-state index contributed by atoms with van der Waals surface area (Å²) in [6.07, 6.45) is 4.29. The molecule has 26 heavy (non-hydrogen) atoms. The number of amides is 1. The summed E-state index contributed by atoms with van der Waals surface area (Å²) >= 11 is 0. The molecule has 7 nitrogen and oxygen atoms in total. The fraction of sp³-hybridized carbons (Fsp3) is 0.158. The van der Waals surface area contributed by atoms with E-state index in [2.05, 4.69) is 10.1 Å². The van der Waals surface area contributed by atoms with Gasteiger partial charge >= 0.3 is 0 Å². The predicted octanol–water partition coefficient (Wildman–Crippen LogP) is 2.94. The van der Waals surface area contributed by atoms with Crippen LogP contribution in [0.3, 0.4) is 0 Å². The van der Waals surface area contributed by atoms with Gasteiger partial charge in [-0.15, -0.1) is 5.10 Å². The largest absolute Gasteiger partial charge is 0.446 e. The van der Waals surface area contributed by atoms with E-state index in [1.165, 1.54) is 18.9 Å². The molecule has 1 aliphatic rings. The van der Waals surface area contributed by atoms with E-state index in [0.29, 0.717) is 11.5 Å². The average molecular weight is 348 g/mol. The van der Waals surface area contributed by atoms with E-state index in [-0.39, 0.29) is 11.8 Å². The van der Waals surface area contributed by atoms with Gasteiger partial charge in [0.2, 0.25) is 23.9 Å². The van der Waals surface area contributed by atoms with Crippen molar-refractivity contribution in [1.82, 2.24) is 14.6 Å². The molecule has 1 aromatic carbocycles. The third-order valence-corrected chi connectivity index (χ3v) is 4.22. The molecule has 1 aliphatic heterocycles. The van der Waals surface area contributed by atoms with Crippen LogP contribution in [0.2, 0.25) is 0 Å². The lowest BCUT2D eigenvalue weighted by atomic mass is 10.2. The molecule has 0 radical (unpaired) electrons. The molecular formula is C19H16N4O3. The minimum absolute atomic E-state index is 0.113. The molecule has 1 amide bonds. The molecular weight excluding hydrogens is 332 g/mol. The van der Waals surface area contributed by atoms with Gasteiger partial charge in [-0.3, -0.25) is 19.1 Å². The molecule has 0 saturated carbocycles. The van der Waals surface area contributed by atoms with Gasteiger partial charge in [-0.25, -0.2) is 0 Å². The minimum atomic E-state index is -0.685. The normalized spacial score (nSPS) is 16.5. The number of hydrazone groups is 1. The SMILES string of the molecule is CC(=O)N1N=C(c2cn(C(C)=O)c3ccccc23)O[C@@H]1c1cccnc1. The molecule has 0 spiro atoms. The van der Waals surface area contributed by atoms with Gasteiger partial charge in [-0.2, -0.15) is 5.01 Å². The number of nitrogens with zero attached hydrogens (tertiary/aromatic N) is 4. The summed E-state index contributed by atoms with van der Waals surface area (Å²) in [7, 11) is 0. The van der Waals surface area contributed by atoms with Crippen molar-refractivity contribution >= 4 is 28.6 Å². The molecule has 3 aromatic rings. The first-order valence-electron chi connectivity index (χ1n) is 8.12. The van der Waals surface area contributed by atoms with Crippen LogP contribution in [0, 0.1) is 0 Å². The van der Waals surface area contributed by atoms with Crippen molar-refractivity contribution in [1.29, 1.82) is 0 Å². The van der Waals surface area contributed by atoms with Crippen molar-refractivity contribution in [3.8, 4) is 0 Å². The van der Waals surface area contributed by atoms with Crippen LogP contribution >= 0.6 is 0 Å². The highest BCUT2D eigenvalue weighted by Crippen LogP contribution is 2.32. The highest BCUT2D eigenvalue weighted by molar-refractivity contribution is 6.10. The zero-order valence-corrected chi connectivity index (χ0v) is 14.3. The molecule has 0 saturated heterocycles. The molecule has 0 fully saturated rings. The number of rotatable bonds is 2. The minimum Gasteiger partial charge on any atom is -0.446 e. The summed E-state index contributed by atoms with van der Waals surface area (Å²) in [6.45, 7) is 2.92. The van der Waals surface area contributed by atoms with Crippen molar-refractivity contribution in [2.24, 2.45) is 5.10 Å². The van der Waals surface area contributed by atoms with Crippen LogP contribution in [0.25, 0.3) is 10.9 Å². The number of hydrogen-bond acceptors (Lipinski definition) is 5. The van der Waals surface area contributed by atoms with Crippen molar-refractivity contribution in [3.05, 3.63) is 66.1 Å². The van der Waals surface area contributed by atoms with E-state index in [0.717, 1.165) is 16.5 Å². The second-order valence-corrected chi connectivity index (χ2v) is 5.97. The van der Waals surface area contributed by atoms with Crippen molar-refractivity contribution in [3.63, 3.8) is 0 Å². The van der Waals surface area contributed by atoms with E-state index in [1.54, 1.807) is 29.2 Å². The van der Waals surface area contributed by atoms with Gasteiger partial charge < -0.3 is 4.74 Å². The maximum absolute atomic E-state index is 12.0. The number of pyridine rings is 1. The fourth-order valence-corrected chi connectivity index (χ4v) is 3.02. The summed E-state index contributed by atoms with van der Waals surface area (Å²) in [5, 5.41) is 6.48. The zero-order chi connectivity index (χ0) is 18.3. The van der Waals surface area contributed by atoms with E-state index >= 15 is 0 Å². The monoisotopic (exact) mass is 348 g/mol. The Balaban J connectivity index is 1.82. The van der Waals surface area contributed by atoms with Crippen molar-refractivity contribution in [2.45, 2.75) is 20.1 Å². The van der Waals surface area contributed by atoms with Gasteiger partial charge in [0.05, 0.1) is 11.1 Å². The Morgan fingerprint density at radius 3 is 2.58 bits per heavy atom. The molecule has 130 valence electrons. The first-order valence-corrected chi connectivity index (χ1v) is 8.12. The van der Waals surface area contributed by atoms with Crippen LogP contribution in [0.15, 0.2) is 60.1 Å². The van der Waals surface area contributed by atoms with Crippen LogP contribution in [0.1, 0.15) is 36.0 Å². The Labute approximate surface area is 149 Å². The van der Waals surface area contributed by atoms with Crippen molar-refractivity contribution < 1.29 is 14.3 Å². The molecule has 1 atom stereocenters. The number of para-hydroxylation sites is 1. The van der Waals surface area contributed by atoms with E-state index in [4.69, 9.17) is 4.74 Å². The molecule has 0 bridgehead atoms. The van der Waals surface area contributed by atoms with Gasteiger partial charge in [0.1, 0.15) is 0 Å². The maximum atomic E-state index is 12.0.